The molecular weight excluding hydrogens is 288 g/mol. The van der Waals surface area contributed by atoms with Gasteiger partial charge in [0.05, 0.1) is 10.7 Å². The maximum absolute atomic E-state index is 6.29. The summed E-state index contributed by atoms with van der Waals surface area (Å²) in [4.78, 5) is 4.70. The Morgan fingerprint density at radius 1 is 1.30 bits per heavy atom. The first kappa shape index (κ1) is 15.5. The van der Waals surface area contributed by atoms with E-state index in [1.54, 1.807) is 11.3 Å². The minimum absolute atomic E-state index is 0.0635. The van der Waals surface area contributed by atoms with Crippen molar-refractivity contribution in [2.75, 3.05) is 0 Å². The molecule has 1 atom stereocenters. The Morgan fingerprint density at radius 3 is 2.55 bits per heavy atom. The van der Waals surface area contributed by atoms with Gasteiger partial charge in [-0.1, -0.05) is 38.4 Å². The van der Waals surface area contributed by atoms with Crippen molar-refractivity contribution in [2.45, 2.75) is 45.6 Å². The zero-order chi connectivity index (χ0) is 14.9. The number of thiazole rings is 1. The molecule has 0 saturated carbocycles. The maximum atomic E-state index is 6.29. The van der Waals surface area contributed by atoms with E-state index in [2.05, 4.69) is 32.2 Å². The van der Waals surface area contributed by atoms with Crippen LogP contribution in [0.5, 0.6) is 0 Å². The Bertz CT molecular complexity index is 579. The average Bonchev–Trinajstić information content (AvgIpc) is 2.75. The summed E-state index contributed by atoms with van der Waals surface area (Å²) in [5.41, 5.74) is 9.72. The van der Waals surface area contributed by atoms with E-state index in [1.165, 1.54) is 0 Å². The Hall–Kier alpha value is -0.900. The molecule has 108 valence electrons. The number of hydrogen-bond donors (Lipinski definition) is 1. The number of halogens is 1. The van der Waals surface area contributed by atoms with Crippen LogP contribution in [-0.2, 0) is 11.8 Å². The molecule has 2 rings (SSSR count). The van der Waals surface area contributed by atoms with Gasteiger partial charge in [-0.3, -0.25) is 0 Å². The molecule has 0 radical (unpaired) electrons. The Kier molecular flexibility index (Phi) is 4.52. The highest BCUT2D eigenvalue weighted by Gasteiger charge is 2.18. The number of nitrogens with zero attached hydrogens (tertiary/aromatic N) is 1. The number of nitrogens with two attached hydrogens (primary N) is 1. The van der Waals surface area contributed by atoms with Crippen LogP contribution in [0.3, 0.4) is 0 Å². The third kappa shape index (κ3) is 3.81. The first-order valence-corrected chi connectivity index (χ1v) is 7.99. The summed E-state index contributed by atoms with van der Waals surface area (Å²) >= 11 is 7.78. The smallest absolute Gasteiger partial charge is 0.0947 e. The van der Waals surface area contributed by atoms with Gasteiger partial charge in [0.15, 0.2) is 0 Å². The van der Waals surface area contributed by atoms with Gasteiger partial charge in [0.2, 0.25) is 0 Å². The van der Waals surface area contributed by atoms with E-state index in [0.29, 0.717) is 0 Å². The molecule has 0 spiro atoms. The van der Waals surface area contributed by atoms with E-state index in [-0.39, 0.29) is 11.5 Å². The predicted molar refractivity (Wildman–Crippen MR) is 87.6 cm³/mol. The SMILES string of the molecule is Cc1cc(Cl)cc(C(N)Cc2nc(C(C)(C)C)cs2)c1. The third-order valence-electron chi connectivity index (χ3n) is 3.21. The number of benzene rings is 1. The molecule has 2 N–H and O–H groups in total. The van der Waals surface area contributed by atoms with Gasteiger partial charge >= 0.3 is 0 Å². The fourth-order valence-corrected chi connectivity index (χ4v) is 3.41. The zero-order valence-corrected chi connectivity index (χ0v) is 14.0. The van der Waals surface area contributed by atoms with Crippen LogP contribution in [0.1, 0.15) is 48.6 Å². The first-order valence-electron chi connectivity index (χ1n) is 6.73. The van der Waals surface area contributed by atoms with Crippen LogP contribution in [0.25, 0.3) is 0 Å². The van der Waals surface area contributed by atoms with Crippen LogP contribution in [0.4, 0.5) is 0 Å². The highest BCUT2D eigenvalue weighted by Crippen LogP contribution is 2.27. The topological polar surface area (TPSA) is 38.9 Å². The lowest BCUT2D eigenvalue weighted by molar-refractivity contribution is 0.569. The number of hydrogen-bond acceptors (Lipinski definition) is 3. The largest absolute Gasteiger partial charge is 0.324 e. The van der Waals surface area contributed by atoms with Gasteiger partial charge in [-0.15, -0.1) is 11.3 Å². The van der Waals surface area contributed by atoms with Crippen molar-refractivity contribution in [3.8, 4) is 0 Å². The van der Waals surface area contributed by atoms with E-state index in [1.807, 2.05) is 19.1 Å². The molecule has 1 unspecified atom stereocenters. The van der Waals surface area contributed by atoms with Gasteiger partial charge in [-0.25, -0.2) is 4.98 Å². The van der Waals surface area contributed by atoms with Crippen LogP contribution >= 0.6 is 22.9 Å². The molecule has 1 heterocycles. The van der Waals surface area contributed by atoms with Crippen molar-refractivity contribution in [1.29, 1.82) is 0 Å². The fourth-order valence-electron chi connectivity index (χ4n) is 2.03. The number of aromatic nitrogens is 1. The summed E-state index contributed by atoms with van der Waals surface area (Å²) in [6.45, 7) is 8.55. The van der Waals surface area contributed by atoms with E-state index in [9.17, 15) is 0 Å². The molecule has 2 aromatic rings. The van der Waals surface area contributed by atoms with E-state index < -0.39 is 0 Å². The molecule has 0 aliphatic rings. The summed E-state index contributed by atoms with van der Waals surface area (Å²) in [6.07, 6.45) is 0.751. The second-order valence-corrected chi connectivity index (χ2v) is 7.63. The third-order valence-corrected chi connectivity index (χ3v) is 4.30. The van der Waals surface area contributed by atoms with Gasteiger partial charge in [0.25, 0.3) is 0 Å². The van der Waals surface area contributed by atoms with Gasteiger partial charge in [0, 0.05) is 28.3 Å². The quantitative estimate of drug-likeness (QED) is 0.896. The molecule has 0 fully saturated rings. The molecule has 4 heteroatoms. The first-order chi connectivity index (χ1) is 9.25. The summed E-state index contributed by atoms with van der Waals surface area (Å²) in [5.74, 6) is 0. The lowest BCUT2D eigenvalue weighted by atomic mass is 9.93. The summed E-state index contributed by atoms with van der Waals surface area (Å²) in [6, 6.07) is 5.91. The molecule has 1 aromatic heterocycles. The molecule has 0 saturated heterocycles. The molecule has 0 aliphatic carbocycles. The van der Waals surface area contributed by atoms with E-state index >= 15 is 0 Å². The van der Waals surface area contributed by atoms with Gasteiger partial charge in [-0.2, -0.15) is 0 Å². The highest BCUT2D eigenvalue weighted by atomic mass is 35.5. The van der Waals surface area contributed by atoms with Crippen LogP contribution in [0, 0.1) is 6.92 Å². The molecule has 0 aliphatic heterocycles. The van der Waals surface area contributed by atoms with Crippen molar-refractivity contribution in [3.05, 3.63) is 50.4 Å². The maximum Gasteiger partial charge on any atom is 0.0947 e. The monoisotopic (exact) mass is 308 g/mol. The molecule has 0 bridgehead atoms. The van der Waals surface area contributed by atoms with Crippen molar-refractivity contribution in [2.24, 2.45) is 5.73 Å². The van der Waals surface area contributed by atoms with Gasteiger partial charge in [-0.05, 0) is 30.2 Å². The predicted octanol–water partition coefficient (Wildman–Crippen LogP) is 4.64. The molecule has 2 nitrogen and oxygen atoms in total. The van der Waals surface area contributed by atoms with E-state index in [4.69, 9.17) is 22.3 Å². The second-order valence-electron chi connectivity index (χ2n) is 6.25. The van der Waals surface area contributed by atoms with E-state index in [0.717, 1.165) is 33.3 Å². The minimum atomic E-state index is -0.0635. The standard InChI is InChI=1S/C16H21ClN2S/c1-10-5-11(7-12(17)6-10)13(18)8-15-19-14(9-20-15)16(2,3)4/h5-7,9,13H,8,18H2,1-4H3. The number of rotatable bonds is 3. The molecule has 1 aromatic carbocycles. The van der Waals surface area contributed by atoms with Crippen molar-refractivity contribution < 1.29 is 0 Å². The second kappa shape index (κ2) is 5.84. The van der Waals surface area contributed by atoms with Crippen molar-refractivity contribution in [3.63, 3.8) is 0 Å². The van der Waals surface area contributed by atoms with Gasteiger partial charge in [0.1, 0.15) is 0 Å². The zero-order valence-electron chi connectivity index (χ0n) is 12.4. The van der Waals surface area contributed by atoms with Crippen LogP contribution in [0.15, 0.2) is 23.6 Å². The average molecular weight is 309 g/mol. The lowest BCUT2D eigenvalue weighted by Gasteiger charge is -2.15. The Morgan fingerprint density at radius 2 is 2.00 bits per heavy atom. The number of aryl methyl sites for hydroxylation is 1. The molecular formula is C16H21ClN2S. The minimum Gasteiger partial charge on any atom is -0.324 e. The highest BCUT2D eigenvalue weighted by molar-refractivity contribution is 7.09. The van der Waals surface area contributed by atoms with Crippen LogP contribution in [-0.4, -0.2) is 4.98 Å². The summed E-state index contributed by atoms with van der Waals surface area (Å²) in [5, 5.41) is 3.95. The Balaban J connectivity index is 2.15. The van der Waals surface area contributed by atoms with Crippen molar-refractivity contribution >= 4 is 22.9 Å². The van der Waals surface area contributed by atoms with Crippen LogP contribution < -0.4 is 5.73 Å². The summed E-state index contributed by atoms with van der Waals surface area (Å²) in [7, 11) is 0. The van der Waals surface area contributed by atoms with Crippen molar-refractivity contribution in [1.82, 2.24) is 4.98 Å². The Labute approximate surface area is 130 Å². The molecule has 20 heavy (non-hydrogen) atoms. The van der Waals surface area contributed by atoms with Crippen LogP contribution in [0.2, 0.25) is 5.02 Å². The lowest BCUT2D eigenvalue weighted by Crippen LogP contribution is -2.15. The fraction of sp³-hybridized carbons (Fsp3) is 0.438. The normalized spacial score (nSPS) is 13.5. The summed E-state index contributed by atoms with van der Waals surface area (Å²) < 4.78 is 0. The molecule has 0 amide bonds. The van der Waals surface area contributed by atoms with Gasteiger partial charge < -0.3 is 5.73 Å².